The van der Waals surface area contributed by atoms with Gasteiger partial charge in [-0.25, -0.2) is 4.39 Å². The molecule has 0 aliphatic heterocycles. The second-order valence-corrected chi connectivity index (χ2v) is 4.84. The first-order valence-corrected chi connectivity index (χ1v) is 6.55. The zero-order chi connectivity index (χ0) is 14.8. The molecule has 1 N–H and O–H groups in total. The van der Waals surface area contributed by atoms with Crippen molar-refractivity contribution in [1.29, 1.82) is 0 Å². The minimum atomic E-state index is -0.522. The number of pyridine rings is 1. The van der Waals surface area contributed by atoms with E-state index in [1.807, 2.05) is 18.2 Å². The van der Waals surface area contributed by atoms with E-state index in [1.165, 1.54) is 12.1 Å². The van der Waals surface area contributed by atoms with E-state index in [9.17, 15) is 9.18 Å². The topological polar surface area (TPSA) is 42.0 Å². The zero-order valence-electron chi connectivity index (χ0n) is 11.4. The third kappa shape index (κ3) is 2.60. The molecule has 0 atom stereocenters. The van der Waals surface area contributed by atoms with Crippen LogP contribution < -0.4 is 5.32 Å². The number of carbonyl (C=O) groups excluding carboxylic acids is 1. The van der Waals surface area contributed by atoms with E-state index in [4.69, 9.17) is 0 Å². The smallest absolute Gasteiger partial charge is 0.258 e. The standard InChI is InChI=1S/C17H13FN2O/c1-11-5-6-13(15(18)9-11)17(21)20-16-4-2-3-12-7-8-19-10-14(12)16/h2-10H,1H3,(H,20,21). The first kappa shape index (κ1) is 13.2. The molecule has 0 aliphatic rings. The minimum Gasteiger partial charge on any atom is -0.321 e. The molecule has 1 aromatic heterocycles. The van der Waals surface area contributed by atoms with Gasteiger partial charge in [0.1, 0.15) is 5.82 Å². The molecule has 0 bridgehead atoms. The summed E-state index contributed by atoms with van der Waals surface area (Å²) in [6.07, 6.45) is 3.37. The van der Waals surface area contributed by atoms with Crippen molar-refractivity contribution >= 4 is 22.4 Å². The lowest BCUT2D eigenvalue weighted by atomic mass is 10.1. The van der Waals surface area contributed by atoms with E-state index < -0.39 is 11.7 Å². The van der Waals surface area contributed by atoms with Crippen LogP contribution in [0.2, 0.25) is 0 Å². The van der Waals surface area contributed by atoms with Crippen LogP contribution in [0.25, 0.3) is 10.8 Å². The summed E-state index contributed by atoms with van der Waals surface area (Å²) in [5.41, 5.74) is 1.42. The normalized spacial score (nSPS) is 10.6. The van der Waals surface area contributed by atoms with Gasteiger partial charge in [-0.05, 0) is 42.1 Å². The maximum atomic E-state index is 13.8. The Morgan fingerprint density at radius 2 is 2.05 bits per heavy atom. The van der Waals surface area contributed by atoms with Crippen LogP contribution in [0.4, 0.5) is 10.1 Å². The number of amides is 1. The van der Waals surface area contributed by atoms with Crippen LogP contribution in [0.5, 0.6) is 0 Å². The number of hydrogen-bond acceptors (Lipinski definition) is 2. The molecule has 104 valence electrons. The molecular weight excluding hydrogens is 267 g/mol. The number of anilines is 1. The van der Waals surface area contributed by atoms with Gasteiger partial charge < -0.3 is 5.32 Å². The number of nitrogens with zero attached hydrogens (tertiary/aromatic N) is 1. The van der Waals surface area contributed by atoms with Crippen molar-refractivity contribution in [3.8, 4) is 0 Å². The molecule has 21 heavy (non-hydrogen) atoms. The molecule has 0 radical (unpaired) electrons. The summed E-state index contributed by atoms with van der Waals surface area (Å²) in [6, 6.07) is 11.9. The molecule has 0 spiro atoms. The highest BCUT2D eigenvalue weighted by Gasteiger charge is 2.13. The second kappa shape index (κ2) is 5.32. The first-order valence-electron chi connectivity index (χ1n) is 6.55. The van der Waals surface area contributed by atoms with Gasteiger partial charge in [0.15, 0.2) is 0 Å². The summed E-state index contributed by atoms with van der Waals surface area (Å²) < 4.78 is 13.8. The van der Waals surface area contributed by atoms with Gasteiger partial charge in [-0.2, -0.15) is 0 Å². The zero-order valence-corrected chi connectivity index (χ0v) is 11.4. The SMILES string of the molecule is Cc1ccc(C(=O)Nc2cccc3ccncc23)c(F)c1. The Bertz CT molecular complexity index is 825. The van der Waals surface area contributed by atoms with Gasteiger partial charge in [-0.15, -0.1) is 0 Å². The number of fused-ring (bicyclic) bond motifs is 1. The molecule has 0 aliphatic carbocycles. The van der Waals surface area contributed by atoms with E-state index in [-0.39, 0.29) is 5.56 Å². The predicted octanol–water partition coefficient (Wildman–Crippen LogP) is 3.93. The molecule has 3 aromatic rings. The third-order valence-corrected chi connectivity index (χ3v) is 3.30. The molecule has 1 amide bonds. The molecule has 0 saturated heterocycles. The number of hydrogen-bond donors (Lipinski definition) is 1. The van der Waals surface area contributed by atoms with E-state index in [0.717, 1.165) is 16.3 Å². The van der Waals surface area contributed by atoms with Crippen LogP contribution in [0.1, 0.15) is 15.9 Å². The van der Waals surface area contributed by atoms with Crippen molar-refractivity contribution in [1.82, 2.24) is 4.98 Å². The van der Waals surface area contributed by atoms with Crippen molar-refractivity contribution < 1.29 is 9.18 Å². The molecule has 4 heteroatoms. The van der Waals surface area contributed by atoms with Crippen LogP contribution in [0, 0.1) is 12.7 Å². The Balaban J connectivity index is 1.97. The summed E-state index contributed by atoms with van der Waals surface area (Å²) in [6.45, 7) is 1.78. The van der Waals surface area contributed by atoms with Gasteiger partial charge in [0.05, 0.1) is 11.3 Å². The van der Waals surface area contributed by atoms with Crippen molar-refractivity contribution in [2.45, 2.75) is 6.92 Å². The Hall–Kier alpha value is -2.75. The van der Waals surface area contributed by atoms with Gasteiger partial charge in [-0.1, -0.05) is 18.2 Å². The first-order chi connectivity index (χ1) is 10.1. The summed E-state index contributed by atoms with van der Waals surface area (Å²) in [5.74, 6) is -0.991. The predicted molar refractivity (Wildman–Crippen MR) is 80.8 cm³/mol. The lowest BCUT2D eigenvalue weighted by Crippen LogP contribution is -2.14. The maximum Gasteiger partial charge on any atom is 0.258 e. The Kier molecular flexibility index (Phi) is 3.36. The summed E-state index contributed by atoms with van der Waals surface area (Å²) in [4.78, 5) is 16.3. The number of benzene rings is 2. The molecule has 3 nitrogen and oxygen atoms in total. The number of nitrogens with one attached hydrogen (secondary N) is 1. The van der Waals surface area contributed by atoms with E-state index in [2.05, 4.69) is 10.3 Å². The number of aryl methyl sites for hydroxylation is 1. The number of halogens is 1. The average Bonchev–Trinajstić information content (AvgIpc) is 2.47. The van der Waals surface area contributed by atoms with Crippen molar-refractivity contribution in [3.63, 3.8) is 0 Å². The summed E-state index contributed by atoms with van der Waals surface area (Å²) >= 11 is 0. The highest BCUT2D eigenvalue weighted by Crippen LogP contribution is 2.23. The molecule has 3 rings (SSSR count). The molecule has 0 fully saturated rings. The average molecular weight is 280 g/mol. The van der Waals surface area contributed by atoms with Crippen LogP contribution in [-0.2, 0) is 0 Å². The largest absolute Gasteiger partial charge is 0.321 e. The van der Waals surface area contributed by atoms with Crippen LogP contribution in [0.3, 0.4) is 0 Å². The number of rotatable bonds is 2. The second-order valence-electron chi connectivity index (χ2n) is 4.84. The molecule has 0 unspecified atom stereocenters. The van der Waals surface area contributed by atoms with Crippen LogP contribution >= 0.6 is 0 Å². The monoisotopic (exact) mass is 280 g/mol. The van der Waals surface area contributed by atoms with Gasteiger partial charge in [0, 0.05) is 17.8 Å². The fourth-order valence-electron chi connectivity index (χ4n) is 2.22. The minimum absolute atomic E-state index is 0.0292. The quantitative estimate of drug-likeness (QED) is 0.772. The van der Waals surface area contributed by atoms with Gasteiger partial charge >= 0.3 is 0 Å². The van der Waals surface area contributed by atoms with E-state index in [1.54, 1.807) is 31.5 Å². The Labute approximate surface area is 121 Å². The van der Waals surface area contributed by atoms with Gasteiger partial charge in [0.2, 0.25) is 0 Å². The van der Waals surface area contributed by atoms with Crippen molar-refractivity contribution in [2.75, 3.05) is 5.32 Å². The van der Waals surface area contributed by atoms with E-state index in [0.29, 0.717) is 5.69 Å². The lowest BCUT2D eigenvalue weighted by Gasteiger charge is -2.09. The molecular formula is C17H13FN2O. The maximum absolute atomic E-state index is 13.8. The fraction of sp³-hybridized carbons (Fsp3) is 0.0588. The molecule has 2 aromatic carbocycles. The van der Waals surface area contributed by atoms with Gasteiger partial charge in [-0.3, -0.25) is 9.78 Å². The summed E-state index contributed by atoms with van der Waals surface area (Å²) in [5, 5.41) is 4.53. The molecule has 0 saturated carbocycles. The number of carbonyl (C=O) groups is 1. The highest BCUT2D eigenvalue weighted by atomic mass is 19.1. The fourth-order valence-corrected chi connectivity index (χ4v) is 2.22. The van der Waals surface area contributed by atoms with Crippen LogP contribution in [-0.4, -0.2) is 10.9 Å². The van der Waals surface area contributed by atoms with Gasteiger partial charge in [0.25, 0.3) is 5.91 Å². The van der Waals surface area contributed by atoms with Crippen LogP contribution in [0.15, 0.2) is 54.9 Å². The Morgan fingerprint density at radius 3 is 2.86 bits per heavy atom. The number of aromatic nitrogens is 1. The lowest BCUT2D eigenvalue weighted by molar-refractivity contribution is 0.102. The molecule has 1 heterocycles. The highest BCUT2D eigenvalue weighted by molar-refractivity contribution is 6.09. The third-order valence-electron chi connectivity index (χ3n) is 3.30. The van der Waals surface area contributed by atoms with Crippen molar-refractivity contribution in [3.05, 3.63) is 71.8 Å². The van der Waals surface area contributed by atoms with E-state index >= 15 is 0 Å². The Morgan fingerprint density at radius 1 is 1.19 bits per heavy atom. The summed E-state index contributed by atoms with van der Waals surface area (Å²) in [7, 11) is 0. The van der Waals surface area contributed by atoms with Crippen molar-refractivity contribution in [2.24, 2.45) is 0 Å².